The van der Waals surface area contributed by atoms with Gasteiger partial charge in [0.25, 0.3) is 0 Å². The van der Waals surface area contributed by atoms with E-state index in [1.165, 1.54) is 18.4 Å². The van der Waals surface area contributed by atoms with Crippen LogP contribution >= 0.6 is 11.6 Å². The number of unbranched alkanes of at least 4 members (excludes halogenated alkanes) is 1. The summed E-state index contributed by atoms with van der Waals surface area (Å²) in [6.07, 6.45) is 2.94. The molecule has 0 aliphatic rings. The summed E-state index contributed by atoms with van der Waals surface area (Å²) in [5.41, 5.74) is 3.13. The third-order valence-corrected chi connectivity index (χ3v) is 3.88. The molecule has 2 nitrogen and oxygen atoms in total. The molecule has 2 N–H and O–H groups in total. The van der Waals surface area contributed by atoms with Gasteiger partial charge in [-0.2, -0.15) is 0 Å². The zero-order valence-electron chi connectivity index (χ0n) is 12.3. The fourth-order valence-electron chi connectivity index (χ4n) is 2.24. The van der Waals surface area contributed by atoms with Crippen LogP contribution in [-0.4, -0.2) is 11.7 Å². The Hall–Kier alpha value is -1.51. The maximum absolute atomic E-state index is 10.2. The Bertz CT molecular complexity index is 553. The van der Waals surface area contributed by atoms with Crippen LogP contribution in [0.15, 0.2) is 48.5 Å². The van der Waals surface area contributed by atoms with Gasteiger partial charge in [0, 0.05) is 22.8 Å². The first-order valence-corrected chi connectivity index (χ1v) is 7.84. The molecule has 112 valence electrons. The Morgan fingerprint density at radius 2 is 1.81 bits per heavy atom. The van der Waals surface area contributed by atoms with E-state index in [1.807, 2.05) is 18.2 Å². The molecule has 1 atom stereocenters. The molecule has 0 amide bonds. The Labute approximate surface area is 131 Å². The minimum absolute atomic E-state index is 0.443. The number of hydrogen-bond donors (Lipinski definition) is 2. The van der Waals surface area contributed by atoms with Crippen LogP contribution in [0.25, 0.3) is 0 Å². The molecule has 21 heavy (non-hydrogen) atoms. The molecule has 2 aromatic carbocycles. The van der Waals surface area contributed by atoms with E-state index >= 15 is 0 Å². The first-order chi connectivity index (χ1) is 10.2. The number of rotatable bonds is 7. The molecule has 0 saturated carbocycles. The van der Waals surface area contributed by atoms with E-state index < -0.39 is 6.10 Å². The van der Waals surface area contributed by atoms with Crippen LogP contribution in [-0.2, 0) is 6.42 Å². The average molecular weight is 304 g/mol. The minimum Gasteiger partial charge on any atom is -0.387 e. The van der Waals surface area contributed by atoms with Gasteiger partial charge in [-0.1, -0.05) is 55.3 Å². The Kier molecular flexibility index (Phi) is 6.09. The van der Waals surface area contributed by atoms with Gasteiger partial charge in [-0.15, -0.1) is 0 Å². The highest BCUT2D eigenvalue weighted by molar-refractivity contribution is 6.31. The van der Waals surface area contributed by atoms with Gasteiger partial charge in [0.05, 0.1) is 6.10 Å². The number of hydrogen-bond acceptors (Lipinski definition) is 2. The smallest absolute Gasteiger partial charge is 0.0976 e. The molecule has 0 aliphatic carbocycles. The van der Waals surface area contributed by atoms with Crippen molar-refractivity contribution in [2.75, 3.05) is 11.9 Å². The second-order valence-electron chi connectivity index (χ2n) is 5.22. The number of benzene rings is 2. The molecule has 0 spiro atoms. The molecule has 0 saturated heterocycles. The molecule has 0 fully saturated rings. The quantitative estimate of drug-likeness (QED) is 0.768. The van der Waals surface area contributed by atoms with Crippen LogP contribution in [0, 0.1) is 0 Å². The zero-order valence-corrected chi connectivity index (χ0v) is 13.1. The first kappa shape index (κ1) is 15.9. The van der Waals surface area contributed by atoms with Crippen LogP contribution in [0.2, 0.25) is 5.02 Å². The van der Waals surface area contributed by atoms with E-state index in [-0.39, 0.29) is 0 Å². The Morgan fingerprint density at radius 3 is 2.48 bits per heavy atom. The van der Waals surface area contributed by atoms with E-state index in [1.54, 1.807) is 6.07 Å². The normalized spacial score (nSPS) is 12.1. The lowest BCUT2D eigenvalue weighted by atomic mass is 10.1. The summed E-state index contributed by atoms with van der Waals surface area (Å²) < 4.78 is 0. The van der Waals surface area contributed by atoms with E-state index in [0.29, 0.717) is 11.6 Å². The van der Waals surface area contributed by atoms with Gasteiger partial charge in [-0.05, 0) is 36.6 Å². The molecule has 0 aliphatic heterocycles. The van der Waals surface area contributed by atoms with Crippen LogP contribution in [0.3, 0.4) is 0 Å². The van der Waals surface area contributed by atoms with Crippen LogP contribution in [0.5, 0.6) is 0 Å². The van der Waals surface area contributed by atoms with Crippen molar-refractivity contribution in [1.29, 1.82) is 0 Å². The summed E-state index contributed by atoms with van der Waals surface area (Å²) in [7, 11) is 0. The zero-order chi connectivity index (χ0) is 15.1. The third-order valence-electron chi connectivity index (χ3n) is 3.54. The summed E-state index contributed by atoms with van der Waals surface area (Å²) in [4.78, 5) is 0. The van der Waals surface area contributed by atoms with Crippen molar-refractivity contribution in [1.82, 2.24) is 0 Å². The second kappa shape index (κ2) is 8.06. The molecule has 0 bridgehead atoms. The molecular formula is C18H22ClNO. The van der Waals surface area contributed by atoms with Gasteiger partial charge in [0.15, 0.2) is 0 Å². The highest BCUT2D eigenvalue weighted by atomic mass is 35.5. The van der Waals surface area contributed by atoms with Crippen LogP contribution in [0.4, 0.5) is 5.69 Å². The largest absolute Gasteiger partial charge is 0.387 e. The number of halogens is 1. The topological polar surface area (TPSA) is 32.3 Å². The molecule has 0 radical (unpaired) electrons. The fourth-order valence-corrected chi connectivity index (χ4v) is 2.50. The lowest BCUT2D eigenvalue weighted by Gasteiger charge is -2.14. The number of anilines is 1. The van der Waals surface area contributed by atoms with Gasteiger partial charge in [0.2, 0.25) is 0 Å². The van der Waals surface area contributed by atoms with Crippen molar-refractivity contribution in [2.24, 2.45) is 0 Å². The van der Waals surface area contributed by atoms with Crippen molar-refractivity contribution in [3.8, 4) is 0 Å². The Morgan fingerprint density at radius 1 is 1.10 bits per heavy atom. The lowest BCUT2D eigenvalue weighted by Crippen LogP contribution is -2.12. The van der Waals surface area contributed by atoms with Gasteiger partial charge < -0.3 is 10.4 Å². The maximum Gasteiger partial charge on any atom is 0.0976 e. The van der Waals surface area contributed by atoms with E-state index in [9.17, 15) is 5.11 Å². The van der Waals surface area contributed by atoms with E-state index in [0.717, 1.165) is 17.7 Å². The van der Waals surface area contributed by atoms with E-state index in [4.69, 9.17) is 11.6 Å². The SMILES string of the molecule is CCCCc1ccc(NCC(O)c2ccccc2Cl)cc1. The molecule has 1 unspecified atom stereocenters. The van der Waals surface area contributed by atoms with Crippen molar-refractivity contribution in [2.45, 2.75) is 32.3 Å². The number of aryl methyl sites for hydroxylation is 1. The molecule has 0 aromatic heterocycles. The maximum atomic E-state index is 10.2. The van der Waals surface area contributed by atoms with Gasteiger partial charge in [0.1, 0.15) is 0 Å². The molecule has 0 heterocycles. The van der Waals surface area contributed by atoms with E-state index in [2.05, 4.69) is 36.5 Å². The summed E-state index contributed by atoms with van der Waals surface area (Å²) in [5.74, 6) is 0. The van der Waals surface area contributed by atoms with Crippen LogP contribution < -0.4 is 5.32 Å². The monoisotopic (exact) mass is 303 g/mol. The highest BCUT2D eigenvalue weighted by Crippen LogP contribution is 2.23. The van der Waals surface area contributed by atoms with Gasteiger partial charge >= 0.3 is 0 Å². The summed E-state index contributed by atoms with van der Waals surface area (Å²) in [6.45, 7) is 2.64. The molecule has 3 heteroatoms. The number of aliphatic hydroxyl groups excluding tert-OH is 1. The van der Waals surface area contributed by atoms with Crippen molar-refractivity contribution >= 4 is 17.3 Å². The lowest BCUT2D eigenvalue weighted by molar-refractivity contribution is 0.192. The van der Waals surface area contributed by atoms with Crippen LogP contribution in [0.1, 0.15) is 37.0 Å². The summed E-state index contributed by atoms with van der Waals surface area (Å²) in [5, 5.41) is 14.0. The number of nitrogens with one attached hydrogen (secondary N) is 1. The molecule has 2 aromatic rings. The number of aliphatic hydroxyl groups is 1. The minimum atomic E-state index is -0.613. The Balaban J connectivity index is 1.89. The van der Waals surface area contributed by atoms with Gasteiger partial charge in [-0.3, -0.25) is 0 Å². The van der Waals surface area contributed by atoms with Crippen molar-refractivity contribution in [3.63, 3.8) is 0 Å². The first-order valence-electron chi connectivity index (χ1n) is 7.46. The van der Waals surface area contributed by atoms with Crippen molar-refractivity contribution < 1.29 is 5.11 Å². The molecular weight excluding hydrogens is 282 g/mol. The second-order valence-corrected chi connectivity index (χ2v) is 5.63. The van der Waals surface area contributed by atoms with Gasteiger partial charge in [-0.25, -0.2) is 0 Å². The standard InChI is InChI=1S/C18H22ClNO/c1-2-3-6-14-9-11-15(12-10-14)20-13-18(21)16-7-4-5-8-17(16)19/h4-5,7-12,18,20-21H,2-3,6,13H2,1H3. The fraction of sp³-hybridized carbons (Fsp3) is 0.333. The summed E-state index contributed by atoms with van der Waals surface area (Å²) in [6, 6.07) is 15.8. The highest BCUT2D eigenvalue weighted by Gasteiger charge is 2.10. The summed E-state index contributed by atoms with van der Waals surface area (Å²) >= 11 is 6.08. The molecule has 2 rings (SSSR count). The average Bonchev–Trinajstić information content (AvgIpc) is 2.52. The predicted molar refractivity (Wildman–Crippen MR) is 90.0 cm³/mol. The third kappa shape index (κ3) is 4.76. The van der Waals surface area contributed by atoms with Crippen molar-refractivity contribution in [3.05, 3.63) is 64.7 Å². The predicted octanol–water partition coefficient (Wildman–Crippen LogP) is 4.83.